The molecule has 0 aliphatic rings. The quantitative estimate of drug-likeness (QED) is 0.806. The van der Waals surface area contributed by atoms with Crippen LogP contribution in [-0.2, 0) is 9.53 Å². The van der Waals surface area contributed by atoms with Crippen molar-refractivity contribution < 1.29 is 14.3 Å². The highest BCUT2D eigenvalue weighted by atomic mass is 16.5. The Bertz CT molecular complexity index is 612. The molecule has 0 bridgehead atoms. The molecule has 1 atom stereocenters. The van der Waals surface area contributed by atoms with Crippen LogP contribution in [0, 0.1) is 0 Å². The SMILES string of the molecule is CN(C)C(=O)[C@H](OC(=O)c1cccnc1)c1ccccc1. The Balaban J connectivity index is 2.25. The van der Waals surface area contributed by atoms with Gasteiger partial charge in [-0.3, -0.25) is 9.78 Å². The molecule has 0 saturated heterocycles. The van der Waals surface area contributed by atoms with E-state index in [1.54, 1.807) is 56.7 Å². The number of hydrogen-bond acceptors (Lipinski definition) is 4. The molecule has 0 spiro atoms. The van der Waals surface area contributed by atoms with Gasteiger partial charge in [0.25, 0.3) is 5.91 Å². The fourth-order valence-corrected chi connectivity index (χ4v) is 1.78. The Kier molecular flexibility index (Phi) is 4.66. The number of ether oxygens (including phenoxy) is 1. The van der Waals surface area contributed by atoms with Gasteiger partial charge in [-0.25, -0.2) is 4.79 Å². The number of amides is 1. The van der Waals surface area contributed by atoms with Crippen LogP contribution in [0.4, 0.5) is 0 Å². The van der Waals surface area contributed by atoms with Crippen molar-refractivity contribution in [3.05, 3.63) is 66.0 Å². The second-order valence-corrected chi connectivity index (χ2v) is 4.67. The molecule has 21 heavy (non-hydrogen) atoms. The first-order valence-electron chi connectivity index (χ1n) is 6.46. The zero-order chi connectivity index (χ0) is 15.2. The maximum absolute atomic E-state index is 12.2. The van der Waals surface area contributed by atoms with Crippen LogP contribution >= 0.6 is 0 Å². The van der Waals surface area contributed by atoms with Gasteiger partial charge < -0.3 is 9.64 Å². The average Bonchev–Trinajstić information content (AvgIpc) is 2.53. The summed E-state index contributed by atoms with van der Waals surface area (Å²) in [5, 5.41) is 0. The van der Waals surface area contributed by atoms with Crippen molar-refractivity contribution in [1.29, 1.82) is 0 Å². The molecule has 5 nitrogen and oxygen atoms in total. The third-order valence-corrected chi connectivity index (χ3v) is 2.89. The fourth-order valence-electron chi connectivity index (χ4n) is 1.78. The summed E-state index contributed by atoms with van der Waals surface area (Å²) in [5.41, 5.74) is 0.943. The maximum Gasteiger partial charge on any atom is 0.340 e. The Morgan fingerprint density at radius 3 is 2.38 bits per heavy atom. The van der Waals surface area contributed by atoms with Gasteiger partial charge in [0.15, 0.2) is 0 Å². The van der Waals surface area contributed by atoms with E-state index in [2.05, 4.69) is 4.98 Å². The molecule has 0 aliphatic carbocycles. The van der Waals surface area contributed by atoms with E-state index in [0.29, 0.717) is 11.1 Å². The zero-order valence-corrected chi connectivity index (χ0v) is 11.9. The third-order valence-electron chi connectivity index (χ3n) is 2.89. The minimum absolute atomic E-state index is 0.293. The third kappa shape index (κ3) is 3.66. The van der Waals surface area contributed by atoms with E-state index in [0.717, 1.165) is 0 Å². The Hall–Kier alpha value is -2.69. The van der Waals surface area contributed by atoms with Gasteiger partial charge in [-0.2, -0.15) is 0 Å². The van der Waals surface area contributed by atoms with Crippen molar-refractivity contribution in [2.45, 2.75) is 6.10 Å². The summed E-state index contributed by atoms with van der Waals surface area (Å²) in [5.74, 6) is -0.870. The zero-order valence-electron chi connectivity index (χ0n) is 11.9. The minimum atomic E-state index is -0.964. The van der Waals surface area contributed by atoms with E-state index in [4.69, 9.17) is 4.74 Å². The van der Waals surface area contributed by atoms with Crippen molar-refractivity contribution in [2.75, 3.05) is 14.1 Å². The number of benzene rings is 1. The number of rotatable bonds is 4. The molecular weight excluding hydrogens is 268 g/mol. The van der Waals surface area contributed by atoms with Crippen LogP contribution in [0.1, 0.15) is 22.0 Å². The van der Waals surface area contributed by atoms with E-state index < -0.39 is 12.1 Å². The monoisotopic (exact) mass is 284 g/mol. The average molecular weight is 284 g/mol. The molecule has 1 aromatic carbocycles. The predicted octanol–water partition coefficient (Wildman–Crippen LogP) is 2.07. The number of aromatic nitrogens is 1. The second kappa shape index (κ2) is 6.65. The van der Waals surface area contributed by atoms with Crippen LogP contribution < -0.4 is 0 Å². The van der Waals surface area contributed by atoms with E-state index in [-0.39, 0.29) is 5.91 Å². The van der Waals surface area contributed by atoms with Gasteiger partial charge in [0.05, 0.1) is 5.56 Å². The van der Waals surface area contributed by atoms with Gasteiger partial charge in [-0.05, 0) is 12.1 Å². The molecule has 0 fully saturated rings. The summed E-state index contributed by atoms with van der Waals surface area (Å²) in [6.07, 6.45) is 2.01. The first-order valence-corrected chi connectivity index (χ1v) is 6.46. The lowest BCUT2D eigenvalue weighted by molar-refractivity contribution is -0.138. The number of carbonyl (C=O) groups is 2. The van der Waals surface area contributed by atoms with Crippen LogP contribution in [0.5, 0.6) is 0 Å². The highest BCUT2D eigenvalue weighted by Crippen LogP contribution is 2.21. The number of nitrogens with zero attached hydrogens (tertiary/aromatic N) is 2. The highest BCUT2D eigenvalue weighted by molar-refractivity contribution is 5.92. The molecule has 5 heteroatoms. The summed E-state index contributed by atoms with van der Waals surface area (Å²) >= 11 is 0. The summed E-state index contributed by atoms with van der Waals surface area (Å²) in [6.45, 7) is 0. The van der Waals surface area contributed by atoms with Gasteiger partial charge in [0, 0.05) is 32.1 Å². The molecule has 2 rings (SSSR count). The molecule has 0 unspecified atom stereocenters. The summed E-state index contributed by atoms with van der Waals surface area (Å²) < 4.78 is 5.38. The summed E-state index contributed by atoms with van der Waals surface area (Å²) in [6, 6.07) is 12.2. The lowest BCUT2D eigenvalue weighted by Gasteiger charge is -2.21. The van der Waals surface area contributed by atoms with E-state index >= 15 is 0 Å². The lowest BCUT2D eigenvalue weighted by Crippen LogP contribution is -2.31. The molecule has 2 aromatic rings. The molecule has 0 saturated carbocycles. The van der Waals surface area contributed by atoms with Gasteiger partial charge >= 0.3 is 5.97 Å². The smallest absolute Gasteiger partial charge is 0.340 e. The van der Waals surface area contributed by atoms with Crippen molar-refractivity contribution in [1.82, 2.24) is 9.88 Å². The summed E-state index contributed by atoms with van der Waals surface area (Å²) in [4.78, 5) is 29.6. The van der Waals surface area contributed by atoms with Crippen molar-refractivity contribution in [3.63, 3.8) is 0 Å². The van der Waals surface area contributed by atoms with Gasteiger partial charge in [-0.1, -0.05) is 30.3 Å². The largest absolute Gasteiger partial charge is 0.444 e. The van der Waals surface area contributed by atoms with Gasteiger partial charge in [0.2, 0.25) is 6.10 Å². The number of likely N-dealkylation sites (N-methyl/N-ethyl adjacent to an activating group) is 1. The van der Waals surface area contributed by atoms with E-state index in [1.807, 2.05) is 6.07 Å². The number of esters is 1. The number of hydrogen-bond donors (Lipinski definition) is 0. The van der Waals surface area contributed by atoms with Crippen molar-refractivity contribution in [3.8, 4) is 0 Å². The Morgan fingerprint density at radius 1 is 1.10 bits per heavy atom. The van der Waals surface area contributed by atoms with E-state index in [1.165, 1.54) is 11.1 Å². The summed E-state index contributed by atoms with van der Waals surface area (Å²) in [7, 11) is 3.24. The van der Waals surface area contributed by atoms with E-state index in [9.17, 15) is 9.59 Å². The first-order chi connectivity index (χ1) is 10.1. The molecule has 0 aliphatic heterocycles. The standard InChI is InChI=1S/C16H16N2O3/c1-18(2)15(19)14(12-7-4-3-5-8-12)21-16(20)13-9-6-10-17-11-13/h3-11,14H,1-2H3/t14-/m1/s1. The first kappa shape index (κ1) is 14.7. The van der Waals surface area contributed by atoms with Crippen LogP contribution in [0.2, 0.25) is 0 Å². The van der Waals surface area contributed by atoms with Gasteiger partial charge in [0.1, 0.15) is 0 Å². The second-order valence-electron chi connectivity index (χ2n) is 4.67. The molecule has 0 N–H and O–H groups in total. The topological polar surface area (TPSA) is 59.5 Å². The van der Waals surface area contributed by atoms with Crippen LogP contribution in [0.3, 0.4) is 0 Å². The van der Waals surface area contributed by atoms with Crippen LogP contribution in [0.15, 0.2) is 54.9 Å². The Morgan fingerprint density at radius 2 is 1.81 bits per heavy atom. The molecule has 0 radical (unpaired) electrons. The highest BCUT2D eigenvalue weighted by Gasteiger charge is 2.26. The maximum atomic E-state index is 12.2. The van der Waals surface area contributed by atoms with Crippen LogP contribution in [-0.4, -0.2) is 35.9 Å². The number of carbonyl (C=O) groups excluding carboxylic acids is 2. The van der Waals surface area contributed by atoms with Gasteiger partial charge in [-0.15, -0.1) is 0 Å². The molecular formula is C16H16N2O3. The lowest BCUT2D eigenvalue weighted by atomic mass is 10.1. The van der Waals surface area contributed by atoms with Crippen LogP contribution in [0.25, 0.3) is 0 Å². The molecule has 1 heterocycles. The van der Waals surface area contributed by atoms with Crippen molar-refractivity contribution >= 4 is 11.9 Å². The molecule has 1 aromatic heterocycles. The minimum Gasteiger partial charge on any atom is -0.444 e. The molecule has 1 amide bonds. The molecule has 108 valence electrons. The predicted molar refractivity (Wildman–Crippen MR) is 77.5 cm³/mol. The van der Waals surface area contributed by atoms with Crippen molar-refractivity contribution in [2.24, 2.45) is 0 Å². The normalized spacial score (nSPS) is 11.5. The number of pyridine rings is 1. The fraction of sp³-hybridized carbons (Fsp3) is 0.188. The Labute approximate surface area is 123 Å².